The van der Waals surface area contributed by atoms with E-state index < -0.39 is 4.92 Å². The minimum Gasteiger partial charge on any atom is -0.374 e. The lowest BCUT2D eigenvalue weighted by molar-refractivity contribution is -0.388. The van der Waals surface area contributed by atoms with Crippen molar-refractivity contribution in [1.29, 1.82) is 0 Å². The second-order valence-electron chi connectivity index (χ2n) is 4.33. The van der Waals surface area contributed by atoms with Gasteiger partial charge in [0.15, 0.2) is 0 Å². The molecular weight excluding hydrogens is 220 g/mol. The Morgan fingerprint density at radius 1 is 1.47 bits per heavy atom. The van der Waals surface area contributed by atoms with Gasteiger partial charge in [-0.1, -0.05) is 12.8 Å². The fraction of sp³-hybridized carbons (Fsp3) is 0.545. The van der Waals surface area contributed by atoms with E-state index in [1.54, 1.807) is 12.1 Å². The normalized spacial score (nSPS) is 24.3. The highest BCUT2D eigenvalue weighted by Crippen LogP contribution is 2.25. The number of nitro groups is 1. The van der Waals surface area contributed by atoms with Crippen molar-refractivity contribution < 1.29 is 4.92 Å². The summed E-state index contributed by atoms with van der Waals surface area (Å²) in [5.41, 5.74) is 6.46. The smallest absolute Gasteiger partial charge is 0.374 e. The molecule has 0 amide bonds. The van der Waals surface area contributed by atoms with Gasteiger partial charge in [-0.25, -0.2) is 0 Å². The highest BCUT2D eigenvalue weighted by molar-refractivity contribution is 5.57. The highest BCUT2D eigenvalue weighted by atomic mass is 16.6. The molecule has 0 radical (unpaired) electrons. The maximum atomic E-state index is 10.8. The zero-order valence-electron chi connectivity index (χ0n) is 9.50. The monoisotopic (exact) mass is 236 g/mol. The van der Waals surface area contributed by atoms with Gasteiger partial charge in [-0.2, -0.15) is 0 Å². The summed E-state index contributed by atoms with van der Waals surface area (Å²) in [5, 5.41) is 14.0. The number of hydrogen-bond acceptors (Lipinski definition) is 5. The first-order valence-electron chi connectivity index (χ1n) is 5.80. The molecule has 1 saturated carbocycles. The van der Waals surface area contributed by atoms with Crippen LogP contribution in [0, 0.1) is 10.1 Å². The molecular formula is C11H16N4O2. The number of rotatable bonds is 3. The third kappa shape index (κ3) is 2.71. The molecule has 3 N–H and O–H groups in total. The predicted octanol–water partition coefficient (Wildman–Crippen LogP) is 1.67. The third-order valence-electron chi connectivity index (χ3n) is 3.12. The Kier molecular flexibility index (Phi) is 3.53. The first kappa shape index (κ1) is 11.8. The van der Waals surface area contributed by atoms with Crippen LogP contribution in [0.15, 0.2) is 18.3 Å². The molecule has 1 aliphatic carbocycles. The van der Waals surface area contributed by atoms with Crippen molar-refractivity contribution >= 4 is 11.5 Å². The van der Waals surface area contributed by atoms with Crippen molar-refractivity contribution in [3.05, 3.63) is 28.4 Å². The van der Waals surface area contributed by atoms with Crippen LogP contribution in [0.2, 0.25) is 0 Å². The van der Waals surface area contributed by atoms with E-state index in [4.69, 9.17) is 5.73 Å². The summed E-state index contributed by atoms with van der Waals surface area (Å²) in [6.45, 7) is 0. The summed E-state index contributed by atoms with van der Waals surface area (Å²) >= 11 is 0. The molecule has 92 valence electrons. The Bertz CT molecular complexity index is 410. The second kappa shape index (κ2) is 5.09. The van der Waals surface area contributed by atoms with Crippen LogP contribution in [0.1, 0.15) is 25.7 Å². The largest absolute Gasteiger partial charge is 0.386 e. The van der Waals surface area contributed by atoms with E-state index in [0.717, 1.165) is 25.7 Å². The average Bonchev–Trinajstić information content (AvgIpc) is 2.32. The van der Waals surface area contributed by atoms with Crippen LogP contribution in [0.4, 0.5) is 11.5 Å². The van der Waals surface area contributed by atoms with Gasteiger partial charge in [0, 0.05) is 12.1 Å². The first-order chi connectivity index (χ1) is 8.18. The number of hydrogen-bond donors (Lipinski definition) is 2. The topological polar surface area (TPSA) is 94.1 Å². The molecule has 1 aromatic heterocycles. The number of anilines is 1. The molecule has 0 bridgehead atoms. The van der Waals surface area contributed by atoms with Crippen LogP contribution in [0.25, 0.3) is 0 Å². The Balaban J connectivity index is 2.14. The zero-order valence-corrected chi connectivity index (χ0v) is 9.50. The van der Waals surface area contributed by atoms with Crippen molar-refractivity contribution in [2.45, 2.75) is 37.8 Å². The van der Waals surface area contributed by atoms with Crippen LogP contribution >= 0.6 is 0 Å². The standard InChI is InChI=1S/C11H16N4O2/c12-8-4-1-2-5-9(8)14-10-6-3-7-13-11(10)15(16)17/h3,6-9,14H,1-2,4-5,12H2. The third-order valence-corrected chi connectivity index (χ3v) is 3.12. The zero-order chi connectivity index (χ0) is 12.3. The van der Waals surface area contributed by atoms with Crippen molar-refractivity contribution in [3.63, 3.8) is 0 Å². The second-order valence-corrected chi connectivity index (χ2v) is 4.33. The van der Waals surface area contributed by atoms with E-state index >= 15 is 0 Å². The van der Waals surface area contributed by atoms with Crippen LogP contribution in [0.3, 0.4) is 0 Å². The van der Waals surface area contributed by atoms with Crippen molar-refractivity contribution in [3.8, 4) is 0 Å². The van der Waals surface area contributed by atoms with Gasteiger partial charge >= 0.3 is 5.82 Å². The van der Waals surface area contributed by atoms with Gasteiger partial charge < -0.3 is 21.2 Å². The van der Waals surface area contributed by atoms with Gasteiger partial charge in [0.05, 0.1) is 0 Å². The van der Waals surface area contributed by atoms with Gasteiger partial charge in [0.2, 0.25) is 0 Å². The van der Waals surface area contributed by atoms with Crippen molar-refractivity contribution in [2.24, 2.45) is 5.73 Å². The molecule has 2 unspecified atom stereocenters. The number of aromatic nitrogens is 1. The van der Waals surface area contributed by atoms with Crippen molar-refractivity contribution in [1.82, 2.24) is 4.98 Å². The number of nitrogens with zero attached hydrogens (tertiary/aromatic N) is 2. The SMILES string of the molecule is NC1CCCCC1Nc1cccnc1[N+](=O)[O-]. The predicted molar refractivity (Wildman–Crippen MR) is 64.7 cm³/mol. The van der Waals surface area contributed by atoms with E-state index in [2.05, 4.69) is 10.3 Å². The van der Waals surface area contributed by atoms with E-state index in [0.29, 0.717) is 5.69 Å². The Labute approximate surface area is 99.4 Å². The number of nitrogens with two attached hydrogens (primary N) is 1. The maximum Gasteiger partial charge on any atom is 0.386 e. The summed E-state index contributed by atoms with van der Waals surface area (Å²) in [5.74, 6) is -0.134. The lowest BCUT2D eigenvalue weighted by Gasteiger charge is -2.29. The van der Waals surface area contributed by atoms with Crippen LogP contribution in [-0.4, -0.2) is 22.0 Å². The molecule has 0 aliphatic heterocycles. The Hall–Kier alpha value is -1.69. The molecule has 1 aliphatic rings. The number of pyridine rings is 1. The minimum atomic E-state index is -0.476. The summed E-state index contributed by atoms with van der Waals surface area (Å²) in [4.78, 5) is 14.1. The molecule has 1 fully saturated rings. The first-order valence-corrected chi connectivity index (χ1v) is 5.80. The lowest BCUT2D eigenvalue weighted by atomic mass is 9.91. The summed E-state index contributed by atoms with van der Waals surface area (Å²) in [7, 11) is 0. The van der Waals surface area contributed by atoms with Crippen LogP contribution < -0.4 is 11.1 Å². The molecule has 1 aromatic rings. The van der Waals surface area contributed by atoms with Crippen molar-refractivity contribution in [2.75, 3.05) is 5.32 Å². The maximum absolute atomic E-state index is 10.8. The molecule has 6 nitrogen and oxygen atoms in total. The molecule has 6 heteroatoms. The fourth-order valence-corrected chi connectivity index (χ4v) is 2.19. The van der Waals surface area contributed by atoms with Crippen LogP contribution in [-0.2, 0) is 0 Å². The number of nitrogens with one attached hydrogen (secondary N) is 1. The molecule has 17 heavy (non-hydrogen) atoms. The van der Waals surface area contributed by atoms with Gasteiger partial charge in [-0.15, -0.1) is 0 Å². The molecule has 2 atom stereocenters. The molecule has 1 heterocycles. The van der Waals surface area contributed by atoms with E-state index in [1.165, 1.54) is 6.20 Å². The molecule has 2 rings (SSSR count). The molecule has 0 aromatic carbocycles. The Morgan fingerprint density at radius 3 is 2.94 bits per heavy atom. The van der Waals surface area contributed by atoms with E-state index in [1.807, 2.05) is 0 Å². The minimum absolute atomic E-state index is 0.0589. The van der Waals surface area contributed by atoms with E-state index in [9.17, 15) is 10.1 Å². The lowest BCUT2D eigenvalue weighted by Crippen LogP contribution is -2.42. The fourth-order valence-electron chi connectivity index (χ4n) is 2.19. The van der Waals surface area contributed by atoms with Crippen LogP contribution in [0.5, 0.6) is 0 Å². The molecule has 0 spiro atoms. The molecule has 0 saturated heterocycles. The van der Waals surface area contributed by atoms with Gasteiger partial charge in [0.1, 0.15) is 11.9 Å². The summed E-state index contributed by atoms with van der Waals surface area (Å²) in [6, 6.07) is 3.52. The van der Waals surface area contributed by atoms with E-state index in [-0.39, 0.29) is 17.9 Å². The van der Waals surface area contributed by atoms with Gasteiger partial charge in [-0.05, 0) is 34.9 Å². The summed E-state index contributed by atoms with van der Waals surface area (Å²) in [6.07, 6.45) is 5.58. The Morgan fingerprint density at radius 2 is 2.24 bits per heavy atom. The average molecular weight is 236 g/mol. The quantitative estimate of drug-likeness (QED) is 0.615. The van der Waals surface area contributed by atoms with Gasteiger partial charge in [0.25, 0.3) is 0 Å². The van der Waals surface area contributed by atoms with Gasteiger partial charge in [-0.3, -0.25) is 0 Å². The summed E-state index contributed by atoms with van der Waals surface area (Å²) < 4.78 is 0. The highest BCUT2D eigenvalue weighted by Gasteiger charge is 2.24.